The zero-order valence-corrected chi connectivity index (χ0v) is 13.6. The van der Waals surface area contributed by atoms with E-state index in [1.807, 2.05) is 18.2 Å². The number of nitrogens with two attached hydrogens (primary N) is 1. The minimum atomic E-state index is 0.0893. The van der Waals surface area contributed by atoms with Crippen LogP contribution < -0.4 is 25.8 Å². The van der Waals surface area contributed by atoms with Crippen molar-refractivity contribution in [2.75, 3.05) is 31.6 Å². The van der Waals surface area contributed by atoms with Gasteiger partial charge in [-0.2, -0.15) is 0 Å². The van der Waals surface area contributed by atoms with Crippen LogP contribution in [0.25, 0.3) is 0 Å². The van der Waals surface area contributed by atoms with E-state index >= 15 is 0 Å². The number of nitrogens with one attached hydrogen (secondary N) is 2. The predicted molar refractivity (Wildman–Crippen MR) is 89.9 cm³/mol. The molecule has 0 aromatic heterocycles. The summed E-state index contributed by atoms with van der Waals surface area (Å²) < 4.78 is 11.2. The molecule has 0 bridgehead atoms. The molecular formula is C16H26N4O2. The fourth-order valence-corrected chi connectivity index (χ4v) is 2.04. The lowest BCUT2D eigenvalue weighted by Gasteiger charge is -2.19. The Bertz CT molecular complexity index is 523. The van der Waals surface area contributed by atoms with E-state index in [0.29, 0.717) is 25.7 Å². The van der Waals surface area contributed by atoms with Crippen LogP contribution in [0, 0.1) is 0 Å². The Labute approximate surface area is 132 Å². The summed E-state index contributed by atoms with van der Waals surface area (Å²) in [4.78, 5) is 4.30. The Morgan fingerprint density at radius 3 is 2.68 bits per heavy atom. The quantitative estimate of drug-likeness (QED) is 0.450. The van der Waals surface area contributed by atoms with E-state index in [2.05, 4.69) is 36.4 Å². The van der Waals surface area contributed by atoms with E-state index < -0.39 is 0 Å². The molecule has 0 amide bonds. The fourth-order valence-electron chi connectivity index (χ4n) is 2.04. The first kappa shape index (κ1) is 16.4. The summed E-state index contributed by atoms with van der Waals surface area (Å²) in [6.45, 7) is 9.12. The van der Waals surface area contributed by atoms with Crippen LogP contribution >= 0.6 is 0 Å². The normalized spacial score (nSPS) is 15.3. The van der Waals surface area contributed by atoms with Gasteiger partial charge >= 0.3 is 0 Å². The van der Waals surface area contributed by atoms with Crippen LogP contribution in [-0.4, -0.2) is 37.8 Å². The van der Waals surface area contributed by atoms with Gasteiger partial charge in [-0.25, -0.2) is 0 Å². The van der Waals surface area contributed by atoms with E-state index in [4.69, 9.17) is 15.2 Å². The van der Waals surface area contributed by atoms with E-state index in [1.54, 1.807) is 0 Å². The molecule has 1 heterocycles. The molecule has 22 heavy (non-hydrogen) atoms. The van der Waals surface area contributed by atoms with Crippen LogP contribution in [-0.2, 0) is 0 Å². The predicted octanol–water partition coefficient (Wildman–Crippen LogP) is 1.96. The van der Waals surface area contributed by atoms with Crippen LogP contribution in [0.5, 0.6) is 11.5 Å². The van der Waals surface area contributed by atoms with Crippen molar-refractivity contribution in [2.45, 2.75) is 32.7 Å². The van der Waals surface area contributed by atoms with Gasteiger partial charge in [-0.3, -0.25) is 4.99 Å². The average Bonchev–Trinajstić information content (AvgIpc) is 2.67. The monoisotopic (exact) mass is 306 g/mol. The van der Waals surface area contributed by atoms with Crippen molar-refractivity contribution in [3.05, 3.63) is 18.2 Å². The highest BCUT2D eigenvalue weighted by molar-refractivity contribution is 5.92. The van der Waals surface area contributed by atoms with Gasteiger partial charge in [-0.1, -0.05) is 0 Å². The van der Waals surface area contributed by atoms with E-state index in [0.717, 1.165) is 30.2 Å². The Kier molecular flexibility index (Phi) is 5.49. The topological polar surface area (TPSA) is 80.9 Å². The molecule has 0 spiro atoms. The van der Waals surface area contributed by atoms with E-state index in [1.165, 1.54) is 0 Å². The Morgan fingerprint density at radius 1 is 1.23 bits per heavy atom. The Balaban J connectivity index is 1.88. The molecule has 1 aromatic rings. The minimum absolute atomic E-state index is 0.0893. The highest BCUT2D eigenvalue weighted by Gasteiger charge is 2.11. The number of nitrogens with zero attached hydrogens (tertiary/aromatic N) is 1. The molecule has 0 aliphatic carbocycles. The summed E-state index contributed by atoms with van der Waals surface area (Å²) in [5, 5.41) is 6.44. The van der Waals surface area contributed by atoms with Crippen molar-refractivity contribution in [2.24, 2.45) is 10.7 Å². The van der Waals surface area contributed by atoms with Crippen LogP contribution in [0.15, 0.2) is 23.2 Å². The smallest absolute Gasteiger partial charge is 0.193 e. The van der Waals surface area contributed by atoms with Gasteiger partial charge in [0.15, 0.2) is 17.5 Å². The molecule has 1 aromatic carbocycles. The maximum Gasteiger partial charge on any atom is 0.193 e. The molecule has 0 radical (unpaired) electrons. The van der Waals surface area contributed by atoms with Crippen LogP contribution in [0.2, 0.25) is 0 Å². The SMILES string of the molecule is CC(C)(C)NCCN=C(N)Nc1ccc2c(c1)OCCCO2. The van der Waals surface area contributed by atoms with Crippen molar-refractivity contribution in [1.29, 1.82) is 0 Å². The second-order valence-electron chi connectivity index (χ2n) is 6.28. The molecule has 0 atom stereocenters. The summed E-state index contributed by atoms with van der Waals surface area (Å²) in [6.07, 6.45) is 0.891. The first-order chi connectivity index (χ1) is 10.4. The molecule has 4 N–H and O–H groups in total. The molecule has 0 unspecified atom stereocenters. The summed E-state index contributed by atoms with van der Waals surface area (Å²) in [5.74, 6) is 1.91. The first-order valence-electron chi connectivity index (χ1n) is 7.66. The molecule has 6 heteroatoms. The highest BCUT2D eigenvalue weighted by Crippen LogP contribution is 2.32. The Morgan fingerprint density at radius 2 is 1.95 bits per heavy atom. The zero-order valence-electron chi connectivity index (χ0n) is 13.6. The van der Waals surface area contributed by atoms with E-state index in [-0.39, 0.29) is 5.54 Å². The van der Waals surface area contributed by atoms with Gasteiger partial charge in [0.1, 0.15) is 0 Å². The van der Waals surface area contributed by atoms with Gasteiger partial charge in [0.25, 0.3) is 0 Å². The summed E-state index contributed by atoms with van der Waals surface area (Å²) in [5.41, 5.74) is 6.83. The van der Waals surface area contributed by atoms with Crippen molar-refractivity contribution in [3.63, 3.8) is 0 Å². The summed E-state index contributed by atoms with van der Waals surface area (Å²) in [6, 6.07) is 5.68. The zero-order chi connectivity index (χ0) is 16.0. The minimum Gasteiger partial charge on any atom is -0.490 e. The van der Waals surface area contributed by atoms with Crippen LogP contribution in [0.3, 0.4) is 0 Å². The molecule has 1 aliphatic heterocycles. The van der Waals surface area contributed by atoms with Gasteiger partial charge in [0.05, 0.1) is 19.8 Å². The molecule has 0 saturated carbocycles. The van der Waals surface area contributed by atoms with Gasteiger partial charge in [-0.15, -0.1) is 0 Å². The molecular weight excluding hydrogens is 280 g/mol. The summed E-state index contributed by atoms with van der Waals surface area (Å²) in [7, 11) is 0. The Hall–Kier alpha value is -1.95. The molecule has 0 saturated heterocycles. The van der Waals surface area contributed by atoms with Gasteiger partial charge in [-0.05, 0) is 32.9 Å². The van der Waals surface area contributed by atoms with Gasteiger partial charge < -0.3 is 25.8 Å². The standard InChI is InChI=1S/C16H26N4O2/c1-16(2,3)19-8-7-18-15(17)20-12-5-6-13-14(11-12)22-10-4-9-21-13/h5-6,11,19H,4,7-10H2,1-3H3,(H3,17,18,20). The average molecular weight is 306 g/mol. The number of hydrogen-bond donors (Lipinski definition) is 3. The van der Waals surface area contributed by atoms with Gasteiger partial charge in [0.2, 0.25) is 0 Å². The molecule has 6 nitrogen and oxygen atoms in total. The largest absolute Gasteiger partial charge is 0.490 e. The lowest BCUT2D eigenvalue weighted by Crippen LogP contribution is -2.37. The lowest BCUT2D eigenvalue weighted by atomic mass is 10.1. The van der Waals surface area contributed by atoms with Crippen LogP contribution in [0.4, 0.5) is 5.69 Å². The molecule has 2 rings (SSSR count). The van der Waals surface area contributed by atoms with Crippen molar-refractivity contribution < 1.29 is 9.47 Å². The third-order valence-corrected chi connectivity index (χ3v) is 3.07. The number of benzene rings is 1. The van der Waals surface area contributed by atoms with Crippen molar-refractivity contribution >= 4 is 11.6 Å². The summed E-state index contributed by atoms with van der Waals surface area (Å²) >= 11 is 0. The number of rotatable bonds is 4. The lowest BCUT2D eigenvalue weighted by molar-refractivity contribution is 0.297. The van der Waals surface area contributed by atoms with Crippen molar-refractivity contribution in [3.8, 4) is 11.5 Å². The van der Waals surface area contributed by atoms with Gasteiger partial charge in [0, 0.05) is 30.3 Å². The number of guanidine groups is 1. The number of ether oxygens (including phenoxy) is 2. The highest BCUT2D eigenvalue weighted by atomic mass is 16.5. The maximum atomic E-state index is 5.90. The molecule has 122 valence electrons. The third kappa shape index (κ3) is 5.44. The molecule has 0 fully saturated rings. The third-order valence-electron chi connectivity index (χ3n) is 3.07. The second kappa shape index (κ2) is 7.35. The maximum absolute atomic E-state index is 5.90. The van der Waals surface area contributed by atoms with Crippen LogP contribution in [0.1, 0.15) is 27.2 Å². The number of hydrogen-bond acceptors (Lipinski definition) is 4. The van der Waals surface area contributed by atoms with E-state index in [9.17, 15) is 0 Å². The molecule has 1 aliphatic rings. The number of anilines is 1. The second-order valence-corrected chi connectivity index (χ2v) is 6.28. The fraction of sp³-hybridized carbons (Fsp3) is 0.562. The van der Waals surface area contributed by atoms with Crippen molar-refractivity contribution in [1.82, 2.24) is 5.32 Å². The first-order valence-corrected chi connectivity index (χ1v) is 7.66. The number of fused-ring (bicyclic) bond motifs is 1. The number of aliphatic imine (C=N–C) groups is 1.